The molecule has 1 saturated heterocycles. The standard InChI is InChI=1S/C16H22N2O2S/c1-15(2)14(20)18(10-12-6-9-21-11-12)16(13(19)17-15)7-4-3-5-8-16/h6,9,11H,3-5,7-8,10H2,1-2H3,(H,17,19). The van der Waals surface area contributed by atoms with Crippen molar-refractivity contribution in [2.75, 3.05) is 0 Å². The Labute approximate surface area is 129 Å². The number of nitrogens with one attached hydrogen (secondary N) is 1. The van der Waals surface area contributed by atoms with Gasteiger partial charge in [0.1, 0.15) is 11.1 Å². The molecule has 0 radical (unpaired) electrons. The third kappa shape index (κ3) is 2.37. The predicted molar refractivity (Wildman–Crippen MR) is 82.9 cm³/mol. The lowest BCUT2D eigenvalue weighted by Crippen LogP contribution is -2.74. The second-order valence-corrected chi connectivity index (χ2v) is 7.47. The van der Waals surface area contributed by atoms with Crippen LogP contribution in [0.4, 0.5) is 0 Å². The molecule has 0 aromatic carbocycles. The van der Waals surface area contributed by atoms with Gasteiger partial charge in [0, 0.05) is 6.54 Å². The molecule has 1 spiro atoms. The van der Waals surface area contributed by atoms with E-state index in [1.165, 1.54) is 0 Å². The Hall–Kier alpha value is -1.36. The average Bonchev–Trinajstić information content (AvgIpc) is 2.96. The summed E-state index contributed by atoms with van der Waals surface area (Å²) in [7, 11) is 0. The van der Waals surface area contributed by atoms with Crippen molar-refractivity contribution in [3.05, 3.63) is 22.4 Å². The lowest BCUT2D eigenvalue weighted by molar-refractivity contribution is -0.165. The third-order valence-corrected chi connectivity index (χ3v) is 5.48. The van der Waals surface area contributed by atoms with Gasteiger partial charge < -0.3 is 10.2 Å². The van der Waals surface area contributed by atoms with Crippen LogP contribution in [0.5, 0.6) is 0 Å². The van der Waals surface area contributed by atoms with Crippen LogP contribution in [0, 0.1) is 0 Å². The van der Waals surface area contributed by atoms with E-state index in [0.29, 0.717) is 6.54 Å². The Morgan fingerprint density at radius 3 is 2.57 bits per heavy atom. The maximum Gasteiger partial charge on any atom is 0.248 e. The van der Waals surface area contributed by atoms with Crippen molar-refractivity contribution >= 4 is 23.2 Å². The van der Waals surface area contributed by atoms with Crippen molar-refractivity contribution in [1.82, 2.24) is 10.2 Å². The molecule has 0 atom stereocenters. The van der Waals surface area contributed by atoms with Crippen molar-refractivity contribution in [3.8, 4) is 0 Å². The minimum Gasteiger partial charge on any atom is -0.340 e. The Bertz CT molecular complexity index is 545. The summed E-state index contributed by atoms with van der Waals surface area (Å²) in [6.07, 6.45) is 4.75. The second-order valence-electron chi connectivity index (χ2n) is 6.69. The van der Waals surface area contributed by atoms with Crippen molar-refractivity contribution in [2.24, 2.45) is 0 Å². The smallest absolute Gasteiger partial charge is 0.248 e. The molecule has 114 valence electrons. The van der Waals surface area contributed by atoms with Crippen LogP contribution < -0.4 is 5.32 Å². The highest BCUT2D eigenvalue weighted by atomic mass is 32.1. The highest BCUT2D eigenvalue weighted by Gasteiger charge is 2.55. The first-order valence-corrected chi connectivity index (χ1v) is 8.56. The Morgan fingerprint density at radius 1 is 1.24 bits per heavy atom. The molecule has 1 saturated carbocycles. The van der Waals surface area contributed by atoms with Crippen LogP contribution in [-0.2, 0) is 16.1 Å². The van der Waals surface area contributed by atoms with Crippen LogP contribution in [0.15, 0.2) is 16.8 Å². The second kappa shape index (κ2) is 5.13. The molecule has 3 rings (SSSR count). The molecular weight excluding hydrogens is 284 g/mol. The van der Waals surface area contributed by atoms with Gasteiger partial charge in [0.15, 0.2) is 0 Å². The number of amides is 2. The zero-order chi connectivity index (χ0) is 15.1. The van der Waals surface area contributed by atoms with Crippen molar-refractivity contribution < 1.29 is 9.59 Å². The van der Waals surface area contributed by atoms with E-state index in [4.69, 9.17) is 0 Å². The third-order valence-electron chi connectivity index (χ3n) is 4.75. The number of hydrogen-bond acceptors (Lipinski definition) is 3. The van der Waals surface area contributed by atoms with E-state index in [1.54, 1.807) is 25.2 Å². The number of rotatable bonds is 2. The van der Waals surface area contributed by atoms with Crippen molar-refractivity contribution in [1.29, 1.82) is 0 Å². The SMILES string of the molecule is CC1(C)NC(=O)C2(CCCCC2)N(Cc2ccsc2)C1=O. The fourth-order valence-corrected chi connectivity index (χ4v) is 4.19. The van der Waals surface area contributed by atoms with Crippen molar-refractivity contribution in [3.63, 3.8) is 0 Å². The summed E-state index contributed by atoms with van der Waals surface area (Å²) in [6, 6.07) is 2.04. The highest BCUT2D eigenvalue weighted by Crippen LogP contribution is 2.39. The molecule has 21 heavy (non-hydrogen) atoms. The number of piperazine rings is 1. The molecule has 1 aliphatic carbocycles. The lowest BCUT2D eigenvalue weighted by atomic mass is 9.75. The van der Waals surface area contributed by atoms with Crippen LogP contribution in [-0.4, -0.2) is 27.8 Å². The first kappa shape index (κ1) is 14.6. The van der Waals surface area contributed by atoms with Gasteiger partial charge in [-0.05, 0) is 49.1 Å². The first-order chi connectivity index (χ1) is 9.96. The molecular formula is C16H22N2O2S. The largest absolute Gasteiger partial charge is 0.340 e. The maximum atomic E-state index is 12.9. The molecule has 4 nitrogen and oxygen atoms in total. The minimum absolute atomic E-state index is 0.0297. The van der Waals surface area contributed by atoms with Crippen molar-refractivity contribution in [2.45, 2.75) is 63.6 Å². The Balaban J connectivity index is 1.98. The molecule has 0 unspecified atom stereocenters. The van der Waals surface area contributed by atoms with Crippen LogP contribution >= 0.6 is 11.3 Å². The average molecular weight is 306 g/mol. The van der Waals surface area contributed by atoms with Crippen LogP contribution in [0.25, 0.3) is 0 Å². The van der Waals surface area contributed by atoms with E-state index >= 15 is 0 Å². The zero-order valence-corrected chi connectivity index (χ0v) is 13.5. The quantitative estimate of drug-likeness (QED) is 0.913. The normalized spacial score (nSPS) is 24.2. The maximum absolute atomic E-state index is 12.9. The van der Waals surface area contributed by atoms with Gasteiger partial charge in [-0.1, -0.05) is 19.3 Å². The first-order valence-electron chi connectivity index (χ1n) is 7.61. The summed E-state index contributed by atoms with van der Waals surface area (Å²) in [5.74, 6) is 0.0669. The monoisotopic (exact) mass is 306 g/mol. The number of hydrogen-bond donors (Lipinski definition) is 1. The molecule has 2 aliphatic rings. The van der Waals surface area contributed by atoms with Gasteiger partial charge in [-0.15, -0.1) is 0 Å². The summed E-state index contributed by atoms with van der Waals surface area (Å²) in [6.45, 7) is 4.13. The Morgan fingerprint density at radius 2 is 1.95 bits per heavy atom. The summed E-state index contributed by atoms with van der Waals surface area (Å²) in [5.41, 5.74) is -0.327. The number of thiophene rings is 1. The van der Waals surface area contributed by atoms with Gasteiger partial charge in [-0.2, -0.15) is 11.3 Å². The zero-order valence-electron chi connectivity index (χ0n) is 12.6. The van der Waals surface area contributed by atoms with Crippen LogP contribution in [0.2, 0.25) is 0 Å². The van der Waals surface area contributed by atoms with Crippen LogP contribution in [0.1, 0.15) is 51.5 Å². The van der Waals surface area contributed by atoms with E-state index in [0.717, 1.165) is 37.7 Å². The van der Waals surface area contributed by atoms with Gasteiger partial charge in [0.05, 0.1) is 0 Å². The molecule has 2 amide bonds. The van der Waals surface area contributed by atoms with Gasteiger partial charge in [0.25, 0.3) is 0 Å². The molecule has 1 aromatic heterocycles. The molecule has 0 bridgehead atoms. The topological polar surface area (TPSA) is 49.4 Å². The van der Waals surface area contributed by atoms with E-state index in [9.17, 15) is 9.59 Å². The minimum atomic E-state index is -0.810. The van der Waals surface area contributed by atoms with Crippen LogP contribution in [0.3, 0.4) is 0 Å². The van der Waals surface area contributed by atoms with E-state index in [-0.39, 0.29) is 11.8 Å². The summed E-state index contributed by atoms with van der Waals surface area (Å²) in [5, 5.41) is 7.02. The molecule has 1 aliphatic heterocycles. The fraction of sp³-hybridized carbons (Fsp3) is 0.625. The van der Waals surface area contributed by atoms with Gasteiger partial charge in [-0.3, -0.25) is 9.59 Å². The number of carbonyl (C=O) groups is 2. The van der Waals surface area contributed by atoms with E-state index < -0.39 is 11.1 Å². The number of nitrogens with zero attached hydrogens (tertiary/aromatic N) is 1. The molecule has 1 N–H and O–H groups in total. The van der Waals surface area contributed by atoms with E-state index in [1.807, 2.05) is 16.3 Å². The van der Waals surface area contributed by atoms with Gasteiger partial charge in [-0.25, -0.2) is 0 Å². The molecule has 2 heterocycles. The van der Waals surface area contributed by atoms with Gasteiger partial charge >= 0.3 is 0 Å². The molecule has 2 fully saturated rings. The van der Waals surface area contributed by atoms with Gasteiger partial charge in [0.2, 0.25) is 11.8 Å². The van der Waals surface area contributed by atoms with E-state index in [2.05, 4.69) is 10.7 Å². The fourth-order valence-electron chi connectivity index (χ4n) is 3.53. The summed E-state index contributed by atoms with van der Waals surface area (Å²) >= 11 is 1.63. The molecule has 1 aromatic rings. The Kier molecular flexibility index (Phi) is 3.56. The highest BCUT2D eigenvalue weighted by molar-refractivity contribution is 7.07. The number of carbonyl (C=O) groups excluding carboxylic acids is 2. The predicted octanol–water partition coefficient (Wildman–Crippen LogP) is 2.69. The summed E-state index contributed by atoms with van der Waals surface area (Å²) < 4.78 is 0. The summed E-state index contributed by atoms with van der Waals surface area (Å²) in [4.78, 5) is 27.5. The lowest BCUT2D eigenvalue weighted by Gasteiger charge is -2.52. The molecule has 5 heteroatoms.